The Morgan fingerprint density at radius 2 is 1.90 bits per heavy atom. The molecule has 1 heterocycles. The second-order valence-electron chi connectivity index (χ2n) is 5.88. The number of hydrogen-bond acceptors (Lipinski definition) is 4. The molecule has 0 aliphatic heterocycles. The molecule has 6 nitrogen and oxygen atoms in total. The summed E-state index contributed by atoms with van der Waals surface area (Å²) in [4.78, 5) is 27.7. The smallest absolute Gasteiger partial charge is 0.251 e. The van der Waals surface area contributed by atoms with Crippen LogP contribution in [0.1, 0.15) is 50.2 Å². The van der Waals surface area contributed by atoms with Crippen LogP contribution in [0.25, 0.3) is 0 Å². The number of hydrogen-bond donors (Lipinski definition) is 3. The summed E-state index contributed by atoms with van der Waals surface area (Å²) in [6.45, 7) is 8.74. The maximum atomic E-state index is 12.1. The van der Waals surface area contributed by atoms with Gasteiger partial charge in [-0.1, -0.05) is 20.8 Å². The van der Waals surface area contributed by atoms with Gasteiger partial charge in [-0.05, 0) is 19.1 Å². The molecule has 0 aliphatic carbocycles. The van der Waals surface area contributed by atoms with Crippen molar-refractivity contribution in [2.75, 3.05) is 18.8 Å². The topological polar surface area (TPSA) is 97.1 Å². The first-order chi connectivity index (χ1) is 9.74. The highest BCUT2D eigenvalue weighted by molar-refractivity contribution is 5.95. The summed E-state index contributed by atoms with van der Waals surface area (Å²) in [5, 5.41) is 5.39. The molecule has 0 saturated heterocycles. The van der Waals surface area contributed by atoms with Crippen molar-refractivity contribution in [3.8, 4) is 0 Å². The average Bonchev–Trinajstić information content (AvgIpc) is 2.37. The second-order valence-corrected chi connectivity index (χ2v) is 5.88. The van der Waals surface area contributed by atoms with Gasteiger partial charge in [0.1, 0.15) is 5.82 Å². The summed E-state index contributed by atoms with van der Waals surface area (Å²) < 4.78 is 0. The highest BCUT2D eigenvalue weighted by Gasteiger charge is 2.18. The minimum atomic E-state index is -0.251. The number of pyridine rings is 1. The Kier molecular flexibility index (Phi) is 5.69. The Hall–Kier alpha value is -2.11. The monoisotopic (exact) mass is 292 g/mol. The van der Waals surface area contributed by atoms with Gasteiger partial charge in [0, 0.05) is 36.2 Å². The van der Waals surface area contributed by atoms with Crippen molar-refractivity contribution < 1.29 is 9.59 Å². The first kappa shape index (κ1) is 16.9. The highest BCUT2D eigenvalue weighted by Crippen LogP contribution is 2.22. The number of aromatic nitrogens is 1. The van der Waals surface area contributed by atoms with Crippen LogP contribution in [0.15, 0.2) is 12.1 Å². The fourth-order valence-electron chi connectivity index (χ4n) is 1.74. The first-order valence-electron chi connectivity index (χ1n) is 7.07. The zero-order chi connectivity index (χ0) is 16.0. The van der Waals surface area contributed by atoms with E-state index in [1.807, 2.05) is 27.7 Å². The van der Waals surface area contributed by atoms with Crippen LogP contribution in [0.4, 0.5) is 5.82 Å². The molecule has 2 amide bonds. The molecule has 1 aromatic heterocycles. The van der Waals surface area contributed by atoms with E-state index in [1.54, 1.807) is 6.07 Å². The molecule has 0 aromatic carbocycles. The van der Waals surface area contributed by atoms with Crippen LogP contribution in [-0.4, -0.2) is 29.9 Å². The largest absolute Gasteiger partial charge is 0.384 e. The lowest BCUT2D eigenvalue weighted by Gasteiger charge is -2.19. The van der Waals surface area contributed by atoms with Gasteiger partial charge in [-0.25, -0.2) is 4.98 Å². The van der Waals surface area contributed by atoms with E-state index >= 15 is 0 Å². The summed E-state index contributed by atoms with van der Waals surface area (Å²) in [6, 6.07) is 3.27. The number of nitrogens with zero attached hydrogens (tertiary/aromatic N) is 1. The van der Waals surface area contributed by atoms with Crippen molar-refractivity contribution in [1.82, 2.24) is 15.6 Å². The maximum absolute atomic E-state index is 12.1. The van der Waals surface area contributed by atoms with Crippen LogP contribution in [0.2, 0.25) is 0 Å². The van der Waals surface area contributed by atoms with Gasteiger partial charge in [0.25, 0.3) is 5.91 Å². The van der Waals surface area contributed by atoms with Crippen LogP contribution in [0, 0.1) is 0 Å². The van der Waals surface area contributed by atoms with E-state index in [0.29, 0.717) is 17.9 Å². The van der Waals surface area contributed by atoms with Gasteiger partial charge in [0.15, 0.2) is 0 Å². The molecule has 0 radical (unpaired) electrons. The first-order valence-corrected chi connectivity index (χ1v) is 7.07. The molecule has 0 aliphatic rings. The molecule has 0 unspecified atom stereocenters. The third kappa shape index (κ3) is 5.41. The number of nitrogen functional groups attached to an aromatic ring is 1. The predicted octanol–water partition coefficient (Wildman–Crippen LogP) is 1.22. The zero-order valence-corrected chi connectivity index (χ0v) is 13.1. The molecule has 0 atom stereocenters. The normalized spacial score (nSPS) is 11.0. The van der Waals surface area contributed by atoms with Gasteiger partial charge in [0.2, 0.25) is 5.91 Å². The molecule has 0 saturated carbocycles. The van der Waals surface area contributed by atoms with Gasteiger partial charge in [-0.2, -0.15) is 0 Å². The molecular formula is C15H24N4O2. The summed E-state index contributed by atoms with van der Waals surface area (Å²) >= 11 is 0. The SMILES string of the molecule is CCNC(=O)CCNC(=O)c1cc(N)nc(C(C)(C)C)c1. The van der Waals surface area contributed by atoms with E-state index < -0.39 is 0 Å². The van der Waals surface area contributed by atoms with Crippen molar-refractivity contribution >= 4 is 17.6 Å². The van der Waals surface area contributed by atoms with E-state index in [-0.39, 0.29) is 30.2 Å². The summed E-state index contributed by atoms with van der Waals surface area (Å²) in [5.74, 6) is -0.0161. The fourth-order valence-corrected chi connectivity index (χ4v) is 1.74. The summed E-state index contributed by atoms with van der Waals surface area (Å²) in [5.41, 5.74) is 6.79. The summed E-state index contributed by atoms with van der Waals surface area (Å²) in [6.07, 6.45) is 0.256. The number of nitrogens with two attached hydrogens (primary N) is 1. The van der Waals surface area contributed by atoms with Crippen LogP contribution >= 0.6 is 0 Å². The molecule has 0 spiro atoms. The Bertz CT molecular complexity index is 521. The van der Waals surface area contributed by atoms with Crippen molar-refractivity contribution in [2.45, 2.75) is 39.5 Å². The standard InChI is InChI=1S/C15H24N4O2/c1-5-17-13(20)6-7-18-14(21)10-8-11(15(2,3)4)19-12(16)9-10/h8-9H,5-7H2,1-4H3,(H2,16,19)(H,17,20)(H,18,21). The van der Waals surface area contributed by atoms with Crippen LogP contribution in [0.5, 0.6) is 0 Å². The Morgan fingerprint density at radius 1 is 1.24 bits per heavy atom. The van der Waals surface area contributed by atoms with Crippen molar-refractivity contribution in [3.05, 3.63) is 23.4 Å². The lowest BCUT2D eigenvalue weighted by atomic mass is 9.90. The van der Waals surface area contributed by atoms with Crippen LogP contribution in [0.3, 0.4) is 0 Å². The second kappa shape index (κ2) is 7.06. The molecule has 0 bridgehead atoms. The zero-order valence-electron chi connectivity index (χ0n) is 13.1. The van der Waals surface area contributed by atoms with Gasteiger partial charge >= 0.3 is 0 Å². The van der Waals surface area contributed by atoms with E-state index in [0.717, 1.165) is 5.69 Å². The van der Waals surface area contributed by atoms with Gasteiger partial charge in [-0.15, -0.1) is 0 Å². The van der Waals surface area contributed by atoms with Gasteiger partial charge in [0.05, 0.1) is 0 Å². The molecule has 0 fully saturated rings. The third-order valence-corrected chi connectivity index (χ3v) is 2.89. The molecular weight excluding hydrogens is 268 g/mol. The number of carbonyl (C=O) groups excluding carboxylic acids is 2. The lowest BCUT2D eigenvalue weighted by molar-refractivity contribution is -0.120. The lowest BCUT2D eigenvalue weighted by Crippen LogP contribution is -2.31. The average molecular weight is 292 g/mol. The molecule has 21 heavy (non-hydrogen) atoms. The number of amides is 2. The van der Waals surface area contributed by atoms with Crippen molar-refractivity contribution in [3.63, 3.8) is 0 Å². The summed E-state index contributed by atoms with van der Waals surface area (Å²) in [7, 11) is 0. The Labute approximate surface area is 125 Å². The molecule has 4 N–H and O–H groups in total. The third-order valence-electron chi connectivity index (χ3n) is 2.89. The number of nitrogens with one attached hydrogen (secondary N) is 2. The predicted molar refractivity (Wildman–Crippen MR) is 83.0 cm³/mol. The Balaban J connectivity index is 2.70. The number of rotatable bonds is 5. The molecule has 116 valence electrons. The van der Waals surface area contributed by atoms with E-state index in [9.17, 15) is 9.59 Å². The number of carbonyl (C=O) groups is 2. The van der Waals surface area contributed by atoms with Crippen molar-refractivity contribution in [2.24, 2.45) is 0 Å². The maximum Gasteiger partial charge on any atom is 0.251 e. The molecule has 6 heteroatoms. The minimum Gasteiger partial charge on any atom is -0.384 e. The van der Waals surface area contributed by atoms with E-state index in [1.165, 1.54) is 6.07 Å². The Morgan fingerprint density at radius 3 is 2.48 bits per heavy atom. The number of anilines is 1. The van der Waals surface area contributed by atoms with E-state index in [4.69, 9.17) is 5.73 Å². The van der Waals surface area contributed by atoms with Crippen LogP contribution < -0.4 is 16.4 Å². The fraction of sp³-hybridized carbons (Fsp3) is 0.533. The minimum absolute atomic E-state index is 0.0811. The molecule has 1 aromatic rings. The van der Waals surface area contributed by atoms with E-state index in [2.05, 4.69) is 15.6 Å². The van der Waals surface area contributed by atoms with Crippen LogP contribution in [-0.2, 0) is 10.2 Å². The quantitative estimate of drug-likeness (QED) is 0.760. The van der Waals surface area contributed by atoms with Gasteiger partial charge in [-0.3, -0.25) is 9.59 Å². The van der Waals surface area contributed by atoms with Crippen molar-refractivity contribution in [1.29, 1.82) is 0 Å². The molecule has 1 rings (SSSR count). The van der Waals surface area contributed by atoms with Gasteiger partial charge < -0.3 is 16.4 Å². The highest BCUT2D eigenvalue weighted by atomic mass is 16.2.